The van der Waals surface area contributed by atoms with E-state index in [1.165, 1.54) is 11.8 Å². The first-order valence-corrected chi connectivity index (χ1v) is 8.63. The Hall–Kier alpha value is -2.08. The number of fused-ring (bicyclic) bond motifs is 1. The van der Waals surface area contributed by atoms with Crippen molar-refractivity contribution in [3.05, 3.63) is 50.9 Å². The van der Waals surface area contributed by atoms with Crippen molar-refractivity contribution >= 4 is 23.4 Å². The molecule has 1 amide bonds. The number of thioether (sulfide) groups is 1. The van der Waals surface area contributed by atoms with E-state index in [9.17, 15) is 9.59 Å². The van der Waals surface area contributed by atoms with Gasteiger partial charge in [-0.3, -0.25) is 9.59 Å². The van der Waals surface area contributed by atoms with Gasteiger partial charge < -0.3 is 10.3 Å². The second-order valence-corrected chi connectivity index (χ2v) is 6.77. The summed E-state index contributed by atoms with van der Waals surface area (Å²) in [5, 5.41) is 3.43. The maximum Gasteiger partial charge on any atom is 0.254 e. The van der Waals surface area contributed by atoms with Gasteiger partial charge in [-0.15, -0.1) is 0 Å². The predicted molar refractivity (Wildman–Crippen MR) is 92.2 cm³/mol. The number of amides is 1. The smallest absolute Gasteiger partial charge is 0.254 e. The monoisotopic (exact) mass is 329 g/mol. The Balaban J connectivity index is 1.64. The van der Waals surface area contributed by atoms with Crippen LogP contribution in [0.25, 0.3) is 0 Å². The second kappa shape index (κ2) is 6.58. The van der Waals surface area contributed by atoms with Crippen LogP contribution in [0.2, 0.25) is 0 Å². The zero-order valence-electron chi connectivity index (χ0n) is 13.2. The lowest BCUT2D eigenvalue weighted by atomic mass is 10.1. The summed E-state index contributed by atoms with van der Waals surface area (Å²) in [5.41, 5.74) is 4.57. The Morgan fingerprint density at radius 1 is 1.35 bits per heavy atom. The maximum atomic E-state index is 12.1. The molecule has 2 aromatic rings. The van der Waals surface area contributed by atoms with Crippen molar-refractivity contribution in [3.63, 3.8) is 0 Å². The quantitative estimate of drug-likeness (QED) is 0.668. The van der Waals surface area contributed by atoms with Gasteiger partial charge in [0.1, 0.15) is 0 Å². The molecule has 3 rings (SSSR count). The molecule has 0 saturated heterocycles. The summed E-state index contributed by atoms with van der Waals surface area (Å²) in [4.78, 5) is 31.3. The number of anilines is 1. The summed E-state index contributed by atoms with van der Waals surface area (Å²) in [6.07, 6.45) is 2.63. The third-order valence-electron chi connectivity index (χ3n) is 3.93. The van der Waals surface area contributed by atoms with E-state index in [1.54, 1.807) is 0 Å². The first-order chi connectivity index (χ1) is 11.0. The van der Waals surface area contributed by atoms with Crippen LogP contribution in [0.1, 0.15) is 28.8 Å². The molecule has 0 spiro atoms. The molecule has 1 aromatic carbocycles. The van der Waals surface area contributed by atoms with Gasteiger partial charge in [-0.25, -0.2) is 4.98 Å². The van der Waals surface area contributed by atoms with Crippen LogP contribution in [-0.2, 0) is 17.6 Å². The van der Waals surface area contributed by atoms with Crippen molar-refractivity contribution in [1.82, 2.24) is 9.97 Å². The Labute approximate surface area is 138 Å². The Kier molecular flexibility index (Phi) is 4.52. The number of rotatable bonds is 4. The molecule has 1 aliphatic carbocycles. The van der Waals surface area contributed by atoms with Gasteiger partial charge in [0.15, 0.2) is 5.16 Å². The minimum atomic E-state index is -0.105. The van der Waals surface area contributed by atoms with Crippen molar-refractivity contribution < 1.29 is 4.79 Å². The molecule has 120 valence electrons. The molecule has 5 nitrogen and oxygen atoms in total. The largest absolute Gasteiger partial charge is 0.325 e. The molecule has 1 heterocycles. The normalized spacial score (nSPS) is 13.0. The molecule has 0 radical (unpaired) electrons. The summed E-state index contributed by atoms with van der Waals surface area (Å²) >= 11 is 1.26. The van der Waals surface area contributed by atoms with Crippen molar-refractivity contribution in [2.24, 2.45) is 0 Å². The van der Waals surface area contributed by atoms with Gasteiger partial charge in [0.25, 0.3) is 5.56 Å². The first-order valence-electron chi connectivity index (χ1n) is 7.65. The standard InChI is InChI=1S/C17H19N3O2S/c1-10-6-7-11(2)14(8-10)18-15(21)9-23-17-19-13-5-3-4-12(13)16(22)20-17/h6-8H,3-5,9H2,1-2H3,(H,18,21)(H,19,20,22). The zero-order chi connectivity index (χ0) is 16.4. The van der Waals surface area contributed by atoms with Crippen molar-refractivity contribution in [3.8, 4) is 0 Å². The summed E-state index contributed by atoms with van der Waals surface area (Å²) in [5.74, 6) is 0.113. The Morgan fingerprint density at radius 3 is 3.00 bits per heavy atom. The Bertz CT molecular complexity index is 814. The number of aromatic amines is 1. The molecular formula is C17H19N3O2S. The lowest BCUT2D eigenvalue weighted by molar-refractivity contribution is -0.113. The summed E-state index contributed by atoms with van der Waals surface area (Å²) < 4.78 is 0. The van der Waals surface area contributed by atoms with E-state index in [0.717, 1.165) is 47.3 Å². The molecule has 0 saturated carbocycles. The molecular weight excluding hydrogens is 310 g/mol. The molecule has 6 heteroatoms. The van der Waals surface area contributed by atoms with E-state index in [1.807, 2.05) is 32.0 Å². The minimum absolute atomic E-state index is 0.0649. The fourth-order valence-corrected chi connectivity index (χ4v) is 3.36. The number of carbonyl (C=O) groups excluding carboxylic acids is 1. The average molecular weight is 329 g/mol. The van der Waals surface area contributed by atoms with Crippen LogP contribution in [-0.4, -0.2) is 21.6 Å². The van der Waals surface area contributed by atoms with Gasteiger partial charge in [0.05, 0.1) is 11.4 Å². The van der Waals surface area contributed by atoms with Gasteiger partial charge >= 0.3 is 0 Å². The zero-order valence-corrected chi connectivity index (χ0v) is 14.0. The number of carbonyl (C=O) groups is 1. The number of nitrogens with zero attached hydrogens (tertiary/aromatic N) is 1. The van der Waals surface area contributed by atoms with Crippen LogP contribution in [0.4, 0.5) is 5.69 Å². The number of nitrogens with one attached hydrogen (secondary N) is 2. The molecule has 0 unspecified atom stereocenters. The first kappa shape index (κ1) is 15.8. The summed E-state index contributed by atoms with van der Waals surface area (Å²) in [6, 6.07) is 5.95. The summed E-state index contributed by atoms with van der Waals surface area (Å²) in [7, 11) is 0. The van der Waals surface area contributed by atoms with Crippen molar-refractivity contribution in [2.45, 2.75) is 38.3 Å². The maximum absolute atomic E-state index is 12.1. The topological polar surface area (TPSA) is 74.8 Å². The molecule has 2 N–H and O–H groups in total. The molecule has 23 heavy (non-hydrogen) atoms. The highest BCUT2D eigenvalue weighted by molar-refractivity contribution is 7.99. The molecule has 0 fully saturated rings. The van der Waals surface area contributed by atoms with Crippen LogP contribution in [0.3, 0.4) is 0 Å². The lowest BCUT2D eigenvalue weighted by Crippen LogP contribution is -2.18. The second-order valence-electron chi connectivity index (χ2n) is 5.81. The van der Waals surface area contributed by atoms with Crippen molar-refractivity contribution in [1.29, 1.82) is 0 Å². The van der Waals surface area contributed by atoms with Crippen LogP contribution in [0, 0.1) is 13.8 Å². The van der Waals surface area contributed by atoms with Crippen LogP contribution < -0.4 is 10.9 Å². The molecule has 0 bridgehead atoms. The van der Waals surface area contributed by atoms with Gasteiger partial charge in [-0.2, -0.15) is 0 Å². The molecule has 1 aromatic heterocycles. The third-order valence-corrected chi connectivity index (χ3v) is 4.80. The number of benzene rings is 1. The van der Waals surface area contributed by atoms with Gasteiger partial charge in [0, 0.05) is 11.3 Å². The molecule has 1 aliphatic rings. The number of hydrogen-bond donors (Lipinski definition) is 2. The highest BCUT2D eigenvalue weighted by Crippen LogP contribution is 2.20. The van der Waals surface area contributed by atoms with Crippen molar-refractivity contribution in [2.75, 3.05) is 11.1 Å². The van der Waals surface area contributed by atoms with Crippen LogP contribution in [0.5, 0.6) is 0 Å². The molecule has 0 aliphatic heterocycles. The van der Waals surface area contributed by atoms with Crippen LogP contribution >= 0.6 is 11.8 Å². The Morgan fingerprint density at radius 2 is 2.17 bits per heavy atom. The number of aromatic nitrogens is 2. The highest BCUT2D eigenvalue weighted by Gasteiger charge is 2.17. The summed E-state index contributed by atoms with van der Waals surface area (Å²) in [6.45, 7) is 3.95. The predicted octanol–water partition coefficient (Wildman–Crippen LogP) is 2.61. The van der Waals surface area contributed by atoms with E-state index in [-0.39, 0.29) is 17.2 Å². The van der Waals surface area contributed by atoms with E-state index in [2.05, 4.69) is 15.3 Å². The average Bonchev–Trinajstić information content (AvgIpc) is 2.98. The van der Waals surface area contributed by atoms with Gasteiger partial charge in [-0.1, -0.05) is 23.9 Å². The third kappa shape index (κ3) is 3.64. The fourth-order valence-electron chi connectivity index (χ4n) is 2.68. The van der Waals surface area contributed by atoms with Gasteiger partial charge in [0.2, 0.25) is 5.91 Å². The van der Waals surface area contributed by atoms with E-state index in [4.69, 9.17) is 0 Å². The minimum Gasteiger partial charge on any atom is -0.325 e. The van der Waals surface area contributed by atoms with E-state index < -0.39 is 0 Å². The number of hydrogen-bond acceptors (Lipinski definition) is 4. The molecule has 0 atom stereocenters. The SMILES string of the molecule is Cc1ccc(C)c(NC(=O)CSc2nc3c(c(=O)[nH]2)CCC3)c1. The number of aryl methyl sites for hydroxylation is 3. The lowest BCUT2D eigenvalue weighted by Gasteiger charge is -2.09. The highest BCUT2D eigenvalue weighted by atomic mass is 32.2. The number of H-pyrrole nitrogens is 1. The van der Waals surface area contributed by atoms with Gasteiger partial charge in [-0.05, 0) is 50.3 Å². The van der Waals surface area contributed by atoms with Crippen LogP contribution in [0.15, 0.2) is 28.2 Å². The fraction of sp³-hybridized carbons (Fsp3) is 0.353. The van der Waals surface area contributed by atoms with E-state index in [0.29, 0.717) is 5.16 Å². The van der Waals surface area contributed by atoms with E-state index >= 15 is 0 Å².